The van der Waals surface area contributed by atoms with E-state index in [4.69, 9.17) is 37.0 Å². The minimum atomic E-state index is -4.14. The van der Waals surface area contributed by atoms with Crippen LogP contribution >= 0.6 is 11.6 Å². The van der Waals surface area contributed by atoms with E-state index in [-0.39, 0.29) is 48.3 Å². The molecule has 1 heterocycles. The quantitative estimate of drug-likeness (QED) is 0.199. The molecule has 13 heteroatoms. The molecule has 1 fully saturated rings. The molecule has 3 rings (SSSR count). The highest BCUT2D eigenvalue weighted by molar-refractivity contribution is 7.93. The van der Waals surface area contributed by atoms with Crippen LogP contribution in [0.4, 0.5) is 5.69 Å². The van der Waals surface area contributed by atoms with Gasteiger partial charge in [-0.25, -0.2) is 8.42 Å². The molecule has 222 valence electrons. The minimum Gasteiger partial charge on any atom is -0.489 e. The van der Waals surface area contributed by atoms with Crippen molar-refractivity contribution in [2.24, 2.45) is 5.73 Å². The summed E-state index contributed by atoms with van der Waals surface area (Å²) in [4.78, 5) is 25.6. The average molecular weight is 607 g/mol. The van der Waals surface area contributed by atoms with Gasteiger partial charge in [-0.15, -0.1) is 0 Å². The van der Waals surface area contributed by atoms with Gasteiger partial charge in [0.1, 0.15) is 17.7 Å². The maximum Gasteiger partial charge on any atom is 0.323 e. The second kappa shape index (κ2) is 14.9. The van der Waals surface area contributed by atoms with Crippen LogP contribution in [-0.4, -0.2) is 82.8 Å². The molecule has 0 aromatic heterocycles. The third-order valence-electron chi connectivity index (χ3n) is 6.33. The van der Waals surface area contributed by atoms with Crippen LogP contribution in [0.25, 0.3) is 6.08 Å². The maximum atomic E-state index is 13.3. The topological polar surface area (TPSA) is 152 Å². The van der Waals surface area contributed by atoms with E-state index in [1.54, 1.807) is 55.5 Å². The Labute approximate surface area is 245 Å². The molecule has 0 saturated carbocycles. The number of methoxy groups -OCH3 is 1. The van der Waals surface area contributed by atoms with Gasteiger partial charge in [0.2, 0.25) is 10.0 Å². The third kappa shape index (κ3) is 9.48. The minimum absolute atomic E-state index is 0.0558. The summed E-state index contributed by atoms with van der Waals surface area (Å²) in [5.41, 5.74) is 7.07. The van der Waals surface area contributed by atoms with Gasteiger partial charge in [-0.3, -0.25) is 24.2 Å². The van der Waals surface area contributed by atoms with Crippen LogP contribution in [0.15, 0.2) is 48.5 Å². The highest BCUT2D eigenvalue weighted by Gasteiger charge is 2.27. The van der Waals surface area contributed by atoms with Crippen molar-refractivity contribution in [3.05, 3.63) is 64.7 Å². The Hall–Kier alpha value is -3.61. The largest absolute Gasteiger partial charge is 0.489 e. The molecule has 1 saturated heterocycles. The number of benzene rings is 2. The average Bonchev–Trinajstić information content (AvgIpc) is 2.93. The smallest absolute Gasteiger partial charge is 0.323 e. The number of likely N-dealkylation sites (tertiary alicyclic amines) is 1. The van der Waals surface area contributed by atoms with E-state index in [1.807, 2.05) is 4.90 Å². The lowest BCUT2D eigenvalue weighted by Gasteiger charge is -2.31. The SMILES string of the molecule is CCOC(=O)CS(=O)(=O)N(C/C=C/c1cccc(C(=N)N)c1)c1ccc(OC2CCN(CC(=O)OC)CC2)c(Cl)c1. The summed E-state index contributed by atoms with van der Waals surface area (Å²) >= 11 is 6.53. The van der Waals surface area contributed by atoms with Crippen LogP contribution in [0.3, 0.4) is 0 Å². The molecular formula is C28H35ClN4O7S. The Morgan fingerprint density at radius 1 is 1.17 bits per heavy atom. The number of hydrogen-bond donors (Lipinski definition) is 2. The fraction of sp³-hybridized carbons (Fsp3) is 0.393. The molecule has 3 N–H and O–H groups in total. The summed E-state index contributed by atoms with van der Waals surface area (Å²) in [6, 6.07) is 11.6. The number of hydrogen-bond acceptors (Lipinski definition) is 9. The summed E-state index contributed by atoms with van der Waals surface area (Å²) in [6.07, 6.45) is 4.58. The molecule has 0 spiro atoms. The number of carbonyl (C=O) groups excluding carboxylic acids is 2. The van der Waals surface area contributed by atoms with Crippen molar-refractivity contribution >= 4 is 51.2 Å². The zero-order valence-corrected chi connectivity index (χ0v) is 24.6. The Balaban J connectivity index is 1.77. The first-order chi connectivity index (χ1) is 19.5. The second-order valence-corrected chi connectivity index (χ2v) is 11.6. The zero-order chi connectivity index (χ0) is 30.0. The number of nitrogens with two attached hydrogens (primary N) is 1. The maximum absolute atomic E-state index is 13.3. The number of ether oxygens (including phenoxy) is 3. The summed E-state index contributed by atoms with van der Waals surface area (Å²) < 4.78 is 43.3. The number of rotatable bonds is 13. The van der Waals surface area contributed by atoms with E-state index in [1.165, 1.54) is 13.2 Å². The van der Waals surface area contributed by atoms with Crippen molar-refractivity contribution in [3.8, 4) is 5.75 Å². The van der Waals surface area contributed by atoms with Gasteiger partial charge in [-0.1, -0.05) is 42.0 Å². The van der Waals surface area contributed by atoms with Crippen molar-refractivity contribution in [2.75, 3.05) is 50.0 Å². The van der Waals surface area contributed by atoms with E-state index in [9.17, 15) is 18.0 Å². The Morgan fingerprint density at radius 2 is 1.90 bits per heavy atom. The number of nitrogens with zero attached hydrogens (tertiary/aromatic N) is 2. The van der Waals surface area contributed by atoms with Crippen molar-refractivity contribution in [1.29, 1.82) is 5.41 Å². The van der Waals surface area contributed by atoms with Crippen molar-refractivity contribution in [2.45, 2.75) is 25.9 Å². The fourth-order valence-electron chi connectivity index (χ4n) is 4.26. The number of carbonyl (C=O) groups is 2. The molecular weight excluding hydrogens is 572 g/mol. The second-order valence-electron chi connectivity index (χ2n) is 9.32. The lowest BCUT2D eigenvalue weighted by atomic mass is 10.1. The van der Waals surface area contributed by atoms with Gasteiger partial charge in [-0.05, 0) is 49.6 Å². The molecule has 41 heavy (non-hydrogen) atoms. The number of nitrogen functional groups attached to an aromatic ring is 1. The number of esters is 2. The lowest BCUT2D eigenvalue weighted by molar-refractivity contribution is -0.142. The van der Waals surface area contributed by atoms with Gasteiger partial charge in [0.05, 0.1) is 37.5 Å². The van der Waals surface area contributed by atoms with Gasteiger partial charge in [0.25, 0.3) is 0 Å². The molecule has 0 unspecified atom stereocenters. The first kappa shape index (κ1) is 31.9. The Kier molecular flexibility index (Phi) is 11.6. The van der Waals surface area contributed by atoms with E-state index in [0.29, 0.717) is 37.2 Å². The van der Waals surface area contributed by atoms with Crippen molar-refractivity contribution in [3.63, 3.8) is 0 Å². The first-order valence-electron chi connectivity index (χ1n) is 13.0. The highest BCUT2D eigenvalue weighted by atomic mass is 35.5. The van der Waals surface area contributed by atoms with Crippen LogP contribution < -0.4 is 14.8 Å². The number of amidine groups is 1. The van der Waals surface area contributed by atoms with Gasteiger partial charge >= 0.3 is 11.9 Å². The standard InChI is InChI=1S/C28H35ClN4O7S/c1-3-39-27(35)19-41(36,37)33(13-5-7-20-6-4-8-21(16-20)28(30)31)22-9-10-25(24(29)17-22)40-23-11-14-32(15-12-23)18-26(34)38-2/h4-10,16-17,23H,3,11-15,18-19H2,1-2H3,(H3,30,31)/b7-5+. The molecule has 2 aromatic carbocycles. The summed E-state index contributed by atoms with van der Waals surface area (Å²) in [6.45, 7) is 3.11. The molecule has 2 aromatic rings. The summed E-state index contributed by atoms with van der Waals surface area (Å²) in [7, 11) is -2.78. The molecule has 0 radical (unpaired) electrons. The Morgan fingerprint density at radius 3 is 2.54 bits per heavy atom. The third-order valence-corrected chi connectivity index (χ3v) is 8.26. The predicted octanol–water partition coefficient (Wildman–Crippen LogP) is 3.05. The summed E-state index contributed by atoms with van der Waals surface area (Å²) in [5.74, 6) is -1.66. The van der Waals surface area contributed by atoms with E-state index >= 15 is 0 Å². The summed E-state index contributed by atoms with van der Waals surface area (Å²) in [5, 5.41) is 7.83. The van der Waals surface area contributed by atoms with Crippen molar-refractivity contribution < 1.29 is 32.2 Å². The normalized spacial score (nSPS) is 14.5. The predicted molar refractivity (Wildman–Crippen MR) is 158 cm³/mol. The monoisotopic (exact) mass is 606 g/mol. The van der Waals surface area contributed by atoms with Crippen LogP contribution in [-0.2, 0) is 29.1 Å². The number of anilines is 1. The van der Waals surface area contributed by atoms with E-state index in [2.05, 4.69) is 0 Å². The van der Waals surface area contributed by atoms with Crippen LogP contribution in [0.2, 0.25) is 5.02 Å². The fourth-order valence-corrected chi connectivity index (χ4v) is 5.76. The van der Waals surface area contributed by atoms with Gasteiger partial charge in [0.15, 0.2) is 5.75 Å². The number of halogens is 1. The molecule has 1 aliphatic rings. The van der Waals surface area contributed by atoms with Gasteiger partial charge in [-0.2, -0.15) is 0 Å². The first-order valence-corrected chi connectivity index (χ1v) is 15.0. The van der Waals surface area contributed by atoms with E-state index < -0.39 is 21.7 Å². The molecule has 11 nitrogen and oxygen atoms in total. The van der Waals surface area contributed by atoms with Gasteiger partial charge in [0, 0.05) is 18.7 Å². The number of piperidine rings is 1. The van der Waals surface area contributed by atoms with Crippen LogP contribution in [0.5, 0.6) is 5.75 Å². The molecule has 0 bridgehead atoms. The molecule has 0 aliphatic carbocycles. The van der Waals surface area contributed by atoms with Crippen molar-refractivity contribution in [1.82, 2.24) is 4.90 Å². The lowest BCUT2D eigenvalue weighted by Crippen LogP contribution is -2.41. The molecule has 1 aliphatic heterocycles. The number of nitrogens with one attached hydrogen (secondary N) is 1. The Bertz CT molecular complexity index is 1380. The number of sulfonamides is 1. The zero-order valence-electron chi connectivity index (χ0n) is 23.0. The van der Waals surface area contributed by atoms with Crippen LogP contribution in [0.1, 0.15) is 30.9 Å². The van der Waals surface area contributed by atoms with E-state index in [0.717, 1.165) is 9.87 Å². The van der Waals surface area contributed by atoms with Gasteiger partial charge < -0.3 is 19.9 Å². The molecule has 0 atom stereocenters. The molecule has 0 amide bonds. The van der Waals surface area contributed by atoms with Crippen LogP contribution in [0, 0.1) is 5.41 Å². The highest BCUT2D eigenvalue weighted by Crippen LogP contribution is 2.32.